The van der Waals surface area contributed by atoms with Crippen molar-refractivity contribution in [2.24, 2.45) is 0 Å². The molecule has 0 aromatic heterocycles. The van der Waals surface area contributed by atoms with Crippen molar-refractivity contribution in [2.75, 3.05) is 19.8 Å². The Morgan fingerprint density at radius 2 is 1.67 bits per heavy atom. The Morgan fingerprint density at radius 1 is 1.00 bits per heavy atom. The van der Waals surface area contributed by atoms with Gasteiger partial charge in [0.15, 0.2) is 0 Å². The van der Waals surface area contributed by atoms with Crippen LogP contribution >= 0.6 is 0 Å². The number of benzene rings is 2. The topological polar surface area (TPSA) is 84.9 Å². The Labute approximate surface area is 176 Å². The van der Waals surface area contributed by atoms with Crippen LogP contribution in [0.15, 0.2) is 48.5 Å². The van der Waals surface area contributed by atoms with Crippen molar-refractivity contribution in [3.05, 3.63) is 65.2 Å². The number of carbonyl (C=O) groups is 3. The molecule has 30 heavy (non-hydrogen) atoms. The van der Waals surface area contributed by atoms with Gasteiger partial charge in [-0.25, -0.2) is 9.59 Å². The zero-order valence-corrected chi connectivity index (χ0v) is 17.4. The van der Waals surface area contributed by atoms with Crippen LogP contribution in [0.5, 0.6) is 5.75 Å². The summed E-state index contributed by atoms with van der Waals surface area (Å²) < 4.78 is 10.9. The van der Waals surface area contributed by atoms with Gasteiger partial charge < -0.3 is 14.8 Å². The first kappa shape index (κ1) is 21.4. The first-order chi connectivity index (χ1) is 14.2. The van der Waals surface area contributed by atoms with E-state index in [0.717, 1.165) is 16.2 Å². The van der Waals surface area contributed by atoms with E-state index >= 15 is 0 Å². The number of nitrogens with one attached hydrogen (secondary N) is 1. The molecule has 0 saturated carbocycles. The summed E-state index contributed by atoms with van der Waals surface area (Å²) in [4.78, 5) is 36.5. The lowest BCUT2D eigenvalue weighted by atomic mass is 9.87. The van der Waals surface area contributed by atoms with Gasteiger partial charge in [0.05, 0.1) is 18.7 Å². The highest BCUT2D eigenvalue weighted by molar-refractivity contribution is 6.01. The first-order valence-electron chi connectivity index (χ1n) is 9.81. The van der Waals surface area contributed by atoms with E-state index in [-0.39, 0.29) is 37.6 Å². The standard InChI is InChI=1S/C23H26N2O5/c1-23(2,3)18-8-10-19(11-9-18)29-12-13-30-21(27)17-6-4-16(5-7-17)15-25-20(26)14-24-22(25)28/h4-11H,12-15H2,1-3H3,(H,24,28). The predicted molar refractivity (Wildman–Crippen MR) is 111 cm³/mol. The molecule has 158 valence electrons. The van der Waals surface area contributed by atoms with E-state index in [9.17, 15) is 14.4 Å². The number of nitrogens with zero attached hydrogens (tertiary/aromatic N) is 1. The molecule has 3 amide bonds. The quantitative estimate of drug-likeness (QED) is 0.430. The van der Waals surface area contributed by atoms with Gasteiger partial charge >= 0.3 is 12.0 Å². The van der Waals surface area contributed by atoms with Crippen molar-refractivity contribution in [3.8, 4) is 5.75 Å². The van der Waals surface area contributed by atoms with Crippen LogP contribution in [0.4, 0.5) is 4.79 Å². The van der Waals surface area contributed by atoms with Crippen molar-refractivity contribution in [3.63, 3.8) is 0 Å². The second-order valence-corrected chi connectivity index (χ2v) is 8.09. The van der Waals surface area contributed by atoms with Gasteiger partial charge in [-0.15, -0.1) is 0 Å². The summed E-state index contributed by atoms with van der Waals surface area (Å²) in [5, 5.41) is 2.47. The van der Waals surface area contributed by atoms with Gasteiger partial charge in [-0.1, -0.05) is 45.0 Å². The molecule has 2 aromatic rings. The number of esters is 1. The number of rotatable bonds is 7. The highest BCUT2D eigenvalue weighted by atomic mass is 16.6. The van der Waals surface area contributed by atoms with Crippen LogP contribution in [0.25, 0.3) is 0 Å². The molecule has 1 fully saturated rings. The van der Waals surface area contributed by atoms with Crippen molar-refractivity contribution < 1.29 is 23.9 Å². The molecule has 3 rings (SSSR count). The molecule has 1 heterocycles. The fourth-order valence-corrected chi connectivity index (χ4v) is 2.97. The van der Waals surface area contributed by atoms with Crippen LogP contribution in [-0.2, 0) is 21.5 Å². The first-order valence-corrected chi connectivity index (χ1v) is 9.81. The van der Waals surface area contributed by atoms with E-state index in [1.165, 1.54) is 5.56 Å². The molecule has 2 aromatic carbocycles. The summed E-state index contributed by atoms with van der Waals surface area (Å²) in [6, 6.07) is 14.1. The molecular formula is C23H26N2O5. The SMILES string of the molecule is CC(C)(C)c1ccc(OCCOC(=O)c2ccc(CN3C(=O)CNC3=O)cc2)cc1. The van der Waals surface area contributed by atoms with Gasteiger partial charge in [0.25, 0.3) is 0 Å². The smallest absolute Gasteiger partial charge is 0.338 e. The number of ether oxygens (including phenoxy) is 2. The lowest BCUT2D eigenvalue weighted by Gasteiger charge is -2.19. The molecule has 0 aliphatic carbocycles. The largest absolute Gasteiger partial charge is 0.490 e. The van der Waals surface area contributed by atoms with E-state index in [1.807, 2.05) is 24.3 Å². The van der Waals surface area contributed by atoms with Crippen LogP contribution in [0.2, 0.25) is 0 Å². The summed E-state index contributed by atoms with van der Waals surface area (Å²) in [7, 11) is 0. The average Bonchev–Trinajstić information content (AvgIpc) is 3.03. The third-order valence-electron chi connectivity index (χ3n) is 4.77. The van der Waals surface area contributed by atoms with E-state index in [0.29, 0.717) is 5.56 Å². The number of hydrogen-bond donors (Lipinski definition) is 1. The van der Waals surface area contributed by atoms with Crippen molar-refractivity contribution in [1.29, 1.82) is 0 Å². The van der Waals surface area contributed by atoms with E-state index in [4.69, 9.17) is 9.47 Å². The van der Waals surface area contributed by atoms with Crippen molar-refractivity contribution >= 4 is 17.9 Å². The van der Waals surface area contributed by atoms with Crippen LogP contribution in [0.3, 0.4) is 0 Å². The third kappa shape index (κ3) is 5.37. The average molecular weight is 410 g/mol. The normalized spacial score (nSPS) is 13.9. The van der Waals surface area contributed by atoms with Gasteiger partial charge in [0.1, 0.15) is 19.0 Å². The van der Waals surface area contributed by atoms with Gasteiger partial charge in [-0.2, -0.15) is 0 Å². The van der Waals surface area contributed by atoms with Crippen molar-refractivity contribution in [1.82, 2.24) is 10.2 Å². The van der Waals surface area contributed by atoms with Crippen LogP contribution in [0.1, 0.15) is 42.3 Å². The molecule has 0 atom stereocenters. The van der Waals surface area contributed by atoms with Crippen LogP contribution in [-0.4, -0.2) is 42.6 Å². The summed E-state index contributed by atoms with van der Waals surface area (Å²) in [5.74, 6) is 0.00338. The lowest BCUT2D eigenvalue weighted by molar-refractivity contribution is -0.125. The van der Waals surface area contributed by atoms with E-state index < -0.39 is 12.0 Å². The Bertz CT molecular complexity index is 898. The number of imide groups is 1. The minimum Gasteiger partial charge on any atom is -0.490 e. The second-order valence-electron chi connectivity index (χ2n) is 8.09. The van der Waals surface area contributed by atoms with Crippen LogP contribution in [0, 0.1) is 0 Å². The molecule has 0 unspecified atom stereocenters. The minimum absolute atomic E-state index is 0.0199. The fourth-order valence-electron chi connectivity index (χ4n) is 2.97. The summed E-state index contributed by atoms with van der Waals surface area (Å²) in [5.41, 5.74) is 2.45. The molecule has 0 radical (unpaired) electrons. The molecule has 7 heteroatoms. The third-order valence-corrected chi connectivity index (χ3v) is 4.77. The van der Waals surface area contributed by atoms with Gasteiger partial charge in [-0.05, 0) is 40.8 Å². The Balaban J connectivity index is 1.43. The van der Waals surface area contributed by atoms with E-state index in [2.05, 4.69) is 26.1 Å². The highest BCUT2D eigenvalue weighted by Gasteiger charge is 2.28. The molecule has 0 spiro atoms. The number of amides is 3. The maximum Gasteiger partial charge on any atom is 0.338 e. The van der Waals surface area contributed by atoms with Gasteiger partial charge in [0.2, 0.25) is 5.91 Å². The Morgan fingerprint density at radius 3 is 2.23 bits per heavy atom. The molecule has 1 N–H and O–H groups in total. The summed E-state index contributed by atoms with van der Waals surface area (Å²) >= 11 is 0. The zero-order valence-electron chi connectivity index (χ0n) is 17.4. The molecule has 0 bridgehead atoms. The fraction of sp³-hybridized carbons (Fsp3) is 0.348. The highest BCUT2D eigenvalue weighted by Crippen LogP contribution is 2.24. The molecule has 7 nitrogen and oxygen atoms in total. The van der Waals surface area contributed by atoms with Gasteiger partial charge in [0, 0.05) is 0 Å². The Hall–Kier alpha value is -3.35. The maximum atomic E-state index is 12.2. The summed E-state index contributed by atoms with van der Waals surface area (Å²) in [6.45, 7) is 7.02. The maximum absolute atomic E-state index is 12.2. The Kier molecular flexibility index (Phi) is 6.40. The number of urea groups is 1. The number of hydrogen-bond acceptors (Lipinski definition) is 5. The molecule has 1 aliphatic heterocycles. The van der Waals surface area contributed by atoms with E-state index in [1.54, 1.807) is 24.3 Å². The monoisotopic (exact) mass is 410 g/mol. The molecule has 1 saturated heterocycles. The minimum atomic E-state index is -0.455. The zero-order chi connectivity index (χ0) is 21.7. The van der Waals surface area contributed by atoms with Gasteiger partial charge in [-0.3, -0.25) is 9.69 Å². The summed E-state index contributed by atoms with van der Waals surface area (Å²) in [6.07, 6.45) is 0. The van der Waals surface area contributed by atoms with Crippen LogP contribution < -0.4 is 10.1 Å². The molecule has 1 aliphatic rings. The lowest BCUT2D eigenvalue weighted by Crippen LogP contribution is -2.30. The molecular weight excluding hydrogens is 384 g/mol. The predicted octanol–water partition coefficient (Wildman–Crippen LogP) is 3.27. The second kappa shape index (κ2) is 8.98. The van der Waals surface area contributed by atoms with Crippen molar-refractivity contribution in [2.45, 2.75) is 32.7 Å². The number of carbonyl (C=O) groups excluding carboxylic acids is 3.